The first-order valence-electron chi connectivity index (χ1n) is 23.8. The third-order valence-corrected chi connectivity index (χ3v) is 18.9. The second kappa shape index (κ2) is 12.3. The summed E-state index contributed by atoms with van der Waals surface area (Å²) < 4.78 is 0. The van der Waals surface area contributed by atoms with Crippen molar-refractivity contribution < 1.29 is 0 Å². The summed E-state index contributed by atoms with van der Waals surface area (Å²) in [7, 11) is 0. The molecule has 8 bridgehead atoms. The molecule has 0 N–H and O–H groups in total. The Morgan fingerprint density at radius 1 is 0.403 bits per heavy atom. The third-order valence-electron chi connectivity index (χ3n) is 18.9. The molecule has 8 unspecified atom stereocenters. The molecule has 7 aromatic rings. The first-order chi connectivity index (χ1) is 30.3. The van der Waals surface area contributed by atoms with Crippen LogP contribution in [0.15, 0.2) is 170 Å². The average Bonchev–Trinajstić information content (AvgIpc) is 3.74. The Morgan fingerprint density at radius 3 is 1.58 bits per heavy atom. The Morgan fingerprint density at radius 2 is 0.903 bits per heavy atom. The third kappa shape index (κ3) is 4.31. The highest BCUT2D eigenvalue weighted by molar-refractivity contribution is 5.90. The van der Waals surface area contributed by atoms with Crippen molar-refractivity contribution in [3.05, 3.63) is 209 Å². The zero-order chi connectivity index (χ0) is 41.2. The van der Waals surface area contributed by atoms with Crippen molar-refractivity contribution in [1.82, 2.24) is 0 Å². The standard InChI is InChI=1S/C61H55N/c1-58(2)52-20-12-10-18-46(52)48-28-26-44(34-54(48)58)62(43-24-22-40(23-25-43)60-37-39-31-51-50-30-38(33-56(51)60)36-59(60,3)55(50)32-39)45-27-29-49-47-19-11-13-21-53(47)61(57(49)35-45,41-14-6-4-7-15-41)42-16-8-5-9-17-42/h4-29,34-35,38-39,50-51,55-56H,30-33,36-37H2,1-3H3. The van der Waals surface area contributed by atoms with Crippen molar-refractivity contribution in [3.8, 4) is 22.3 Å². The van der Waals surface area contributed by atoms with Crippen LogP contribution in [0, 0.1) is 40.9 Å². The summed E-state index contributed by atoms with van der Waals surface area (Å²) in [6, 6.07) is 65.7. The highest BCUT2D eigenvalue weighted by Gasteiger charge is 2.75. The van der Waals surface area contributed by atoms with Gasteiger partial charge in [-0.3, -0.25) is 0 Å². The smallest absolute Gasteiger partial charge is 0.0714 e. The Kier molecular flexibility index (Phi) is 7.11. The summed E-state index contributed by atoms with van der Waals surface area (Å²) in [4.78, 5) is 2.59. The molecule has 0 aliphatic heterocycles. The average molecular weight is 802 g/mol. The Bertz CT molecular complexity index is 2920. The maximum absolute atomic E-state index is 2.76. The lowest BCUT2D eigenvalue weighted by Crippen LogP contribution is -2.74. The molecular weight excluding hydrogens is 747 g/mol. The van der Waals surface area contributed by atoms with Crippen molar-refractivity contribution in [2.75, 3.05) is 4.90 Å². The van der Waals surface area contributed by atoms with E-state index in [1.54, 1.807) is 5.56 Å². The summed E-state index contributed by atoms with van der Waals surface area (Å²) in [5.41, 5.74) is 19.0. The molecule has 0 radical (unpaired) electrons. The predicted octanol–water partition coefficient (Wildman–Crippen LogP) is 15.2. The number of hydrogen-bond donors (Lipinski definition) is 0. The van der Waals surface area contributed by atoms with Crippen molar-refractivity contribution in [1.29, 1.82) is 0 Å². The zero-order valence-corrected chi connectivity index (χ0v) is 36.3. The lowest BCUT2D eigenvalue weighted by Gasteiger charge is -2.79. The zero-order valence-electron chi connectivity index (χ0n) is 36.3. The van der Waals surface area contributed by atoms with Crippen LogP contribution in [0.25, 0.3) is 22.3 Å². The van der Waals surface area contributed by atoms with Crippen LogP contribution in [0.3, 0.4) is 0 Å². The number of benzene rings is 7. The molecule has 8 atom stereocenters. The summed E-state index contributed by atoms with van der Waals surface area (Å²) in [6.07, 6.45) is 8.88. The van der Waals surface area contributed by atoms with E-state index < -0.39 is 5.41 Å². The van der Waals surface area contributed by atoms with Gasteiger partial charge >= 0.3 is 0 Å². The van der Waals surface area contributed by atoms with E-state index >= 15 is 0 Å². The van der Waals surface area contributed by atoms with E-state index in [0.717, 1.165) is 35.5 Å². The van der Waals surface area contributed by atoms with E-state index in [4.69, 9.17) is 0 Å². The number of hydrogen-bond acceptors (Lipinski definition) is 1. The number of nitrogens with zero attached hydrogens (tertiary/aromatic N) is 1. The maximum Gasteiger partial charge on any atom is 0.0714 e. The largest absolute Gasteiger partial charge is 0.310 e. The first kappa shape index (κ1) is 35.9. The summed E-state index contributed by atoms with van der Waals surface area (Å²) in [6.45, 7) is 7.59. The maximum atomic E-state index is 2.76. The van der Waals surface area contributed by atoms with Gasteiger partial charge in [-0.2, -0.15) is 0 Å². The van der Waals surface area contributed by atoms with E-state index in [1.165, 1.54) is 111 Å². The van der Waals surface area contributed by atoms with Gasteiger partial charge in [0.1, 0.15) is 0 Å². The second-order valence-electron chi connectivity index (χ2n) is 21.6. The number of fused-ring (bicyclic) bond motifs is 6. The van der Waals surface area contributed by atoms with Gasteiger partial charge in [0, 0.05) is 27.9 Å². The van der Waals surface area contributed by atoms with Gasteiger partial charge in [0.2, 0.25) is 0 Å². The lowest BCUT2D eigenvalue weighted by molar-refractivity contribution is -0.266. The molecule has 7 saturated carbocycles. The fourth-order valence-corrected chi connectivity index (χ4v) is 16.9. The fourth-order valence-electron chi connectivity index (χ4n) is 16.9. The minimum absolute atomic E-state index is 0.0980. The molecule has 0 amide bonds. The molecule has 7 fully saturated rings. The van der Waals surface area contributed by atoms with E-state index in [1.807, 2.05) is 0 Å². The molecule has 1 heteroatoms. The van der Waals surface area contributed by atoms with Crippen molar-refractivity contribution in [3.63, 3.8) is 0 Å². The van der Waals surface area contributed by atoms with E-state index in [0.29, 0.717) is 10.8 Å². The molecule has 16 rings (SSSR count). The molecule has 1 nitrogen and oxygen atoms in total. The Balaban J connectivity index is 0.973. The SMILES string of the molecule is CC1(C)c2ccccc2-c2ccc(N(c3ccc(C45CC6CC7C8CC(CC74)CC5(C)C8C6)cc3)c3ccc4c(c3)C(c3ccccc3)(c3ccccc3)c3ccccc3-4)cc21. The predicted molar refractivity (Wildman–Crippen MR) is 254 cm³/mol. The van der Waals surface area contributed by atoms with Crippen LogP contribution in [0.2, 0.25) is 0 Å². The molecule has 9 aliphatic carbocycles. The summed E-state index contributed by atoms with van der Waals surface area (Å²) in [5.74, 6) is 5.62. The van der Waals surface area contributed by atoms with Gasteiger partial charge in [-0.25, -0.2) is 0 Å². The normalized spacial score (nSPS) is 30.2. The van der Waals surface area contributed by atoms with Gasteiger partial charge in [0.05, 0.1) is 5.41 Å². The van der Waals surface area contributed by atoms with Gasteiger partial charge in [-0.15, -0.1) is 0 Å². The van der Waals surface area contributed by atoms with Crippen molar-refractivity contribution in [2.24, 2.45) is 40.9 Å². The van der Waals surface area contributed by atoms with Gasteiger partial charge < -0.3 is 4.90 Å². The monoisotopic (exact) mass is 801 g/mol. The molecule has 62 heavy (non-hydrogen) atoms. The van der Waals surface area contributed by atoms with Crippen LogP contribution >= 0.6 is 0 Å². The Labute approximate surface area is 367 Å². The molecule has 0 heterocycles. The molecule has 0 spiro atoms. The van der Waals surface area contributed by atoms with Crippen LogP contribution in [0.1, 0.15) is 98.2 Å². The topological polar surface area (TPSA) is 3.24 Å². The van der Waals surface area contributed by atoms with Crippen LogP contribution in [0.4, 0.5) is 17.1 Å². The van der Waals surface area contributed by atoms with Crippen molar-refractivity contribution >= 4 is 17.1 Å². The van der Waals surface area contributed by atoms with Crippen LogP contribution in [0.5, 0.6) is 0 Å². The van der Waals surface area contributed by atoms with Crippen molar-refractivity contribution in [2.45, 2.75) is 75.5 Å². The quantitative estimate of drug-likeness (QED) is 0.162. The van der Waals surface area contributed by atoms with Gasteiger partial charge in [0.25, 0.3) is 0 Å². The molecule has 7 aromatic carbocycles. The highest BCUT2D eigenvalue weighted by Crippen LogP contribution is 2.80. The Hall–Kier alpha value is -5.66. The number of anilines is 3. The molecule has 304 valence electrons. The van der Waals surface area contributed by atoms with E-state index in [2.05, 4.69) is 196 Å². The summed E-state index contributed by atoms with van der Waals surface area (Å²) in [5, 5.41) is 0. The van der Waals surface area contributed by atoms with Crippen LogP contribution < -0.4 is 4.90 Å². The lowest BCUT2D eigenvalue weighted by atomic mass is 9.25. The summed E-state index contributed by atoms with van der Waals surface area (Å²) >= 11 is 0. The highest BCUT2D eigenvalue weighted by atomic mass is 15.1. The van der Waals surface area contributed by atoms with E-state index in [9.17, 15) is 0 Å². The second-order valence-corrected chi connectivity index (χ2v) is 21.6. The van der Waals surface area contributed by atoms with Crippen LogP contribution in [-0.2, 0) is 16.2 Å². The minimum Gasteiger partial charge on any atom is -0.310 e. The number of rotatable bonds is 6. The minimum atomic E-state index is -0.464. The first-order valence-corrected chi connectivity index (χ1v) is 23.8. The van der Waals surface area contributed by atoms with Gasteiger partial charge in [-0.1, -0.05) is 154 Å². The van der Waals surface area contributed by atoms with Gasteiger partial charge in [0.15, 0.2) is 0 Å². The molecule has 9 aliphatic rings. The fraction of sp³-hybridized carbons (Fsp3) is 0.311. The van der Waals surface area contributed by atoms with Crippen LogP contribution in [-0.4, -0.2) is 0 Å². The van der Waals surface area contributed by atoms with Gasteiger partial charge in [-0.05, 0) is 177 Å². The van der Waals surface area contributed by atoms with E-state index in [-0.39, 0.29) is 5.41 Å². The molecular formula is C61H55N. The molecule has 0 aromatic heterocycles. The molecule has 0 saturated heterocycles.